The molecule has 0 aliphatic carbocycles. The molecule has 1 aromatic heterocycles. The molecule has 0 N–H and O–H groups in total. The van der Waals surface area contributed by atoms with Gasteiger partial charge in [-0.05, 0) is 23.3 Å². The van der Waals surface area contributed by atoms with E-state index in [2.05, 4.69) is 53.1 Å². The first-order valence-electron chi connectivity index (χ1n) is 10.7. The lowest BCUT2D eigenvalue weighted by Crippen LogP contribution is -2.42. The van der Waals surface area contributed by atoms with Gasteiger partial charge < -0.3 is 14.2 Å². The summed E-state index contributed by atoms with van der Waals surface area (Å²) in [6.07, 6.45) is 0. The number of aromatic nitrogens is 2. The highest BCUT2D eigenvalue weighted by Crippen LogP contribution is 2.33. The summed E-state index contributed by atoms with van der Waals surface area (Å²) in [4.78, 5) is 20.1. The molecule has 3 aromatic carbocycles. The van der Waals surface area contributed by atoms with Crippen molar-refractivity contribution in [1.82, 2.24) is 14.5 Å². The Morgan fingerprint density at radius 1 is 0.839 bits per heavy atom. The molecule has 1 saturated heterocycles. The summed E-state index contributed by atoms with van der Waals surface area (Å²) in [6, 6.07) is 28.8. The van der Waals surface area contributed by atoms with Crippen molar-refractivity contribution >= 4 is 16.9 Å². The van der Waals surface area contributed by atoms with E-state index in [9.17, 15) is 4.79 Å². The van der Waals surface area contributed by atoms with Gasteiger partial charge in [-0.15, -0.1) is 0 Å². The summed E-state index contributed by atoms with van der Waals surface area (Å²) < 4.78 is 7.51. The summed E-state index contributed by atoms with van der Waals surface area (Å²) >= 11 is 0. The van der Waals surface area contributed by atoms with Gasteiger partial charge in [0, 0.05) is 13.1 Å². The Morgan fingerprint density at radius 2 is 1.42 bits per heavy atom. The second-order valence-electron chi connectivity index (χ2n) is 7.79. The smallest absolute Gasteiger partial charge is 0.242 e. The minimum atomic E-state index is -0.0627. The van der Waals surface area contributed by atoms with Crippen LogP contribution in [0.4, 0.5) is 0 Å². The Bertz CT molecular complexity index is 1130. The van der Waals surface area contributed by atoms with Crippen molar-refractivity contribution in [2.45, 2.75) is 12.5 Å². The lowest BCUT2D eigenvalue weighted by atomic mass is 9.90. The Labute approximate surface area is 181 Å². The van der Waals surface area contributed by atoms with Gasteiger partial charge in [-0.1, -0.05) is 72.8 Å². The summed E-state index contributed by atoms with van der Waals surface area (Å²) in [5.74, 6) is 0.931. The lowest BCUT2D eigenvalue weighted by molar-refractivity contribution is -0.135. The fourth-order valence-corrected chi connectivity index (χ4v) is 4.31. The highest BCUT2D eigenvalue weighted by Gasteiger charge is 2.26. The first-order valence-corrected chi connectivity index (χ1v) is 10.7. The molecule has 1 fully saturated rings. The molecule has 31 heavy (non-hydrogen) atoms. The van der Waals surface area contributed by atoms with E-state index in [-0.39, 0.29) is 18.4 Å². The molecule has 2 heterocycles. The van der Waals surface area contributed by atoms with Crippen LogP contribution < -0.4 is 0 Å². The van der Waals surface area contributed by atoms with Crippen molar-refractivity contribution in [2.24, 2.45) is 0 Å². The van der Waals surface area contributed by atoms with Crippen molar-refractivity contribution in [3.05, 3.63) is 102 Å². The Balaban J connectivity index is 1.63. The van der Waals surface area contributed by atoms with Crippen LogP contribution in [0.15, 0.2) is 84.9 Å². The molecule has 1 amide bonds. The average molecular weight is 412 g/mol. The maximum atomic E-state index is 13.2. The van der Waals surface area contributed by atoms with Gasteiger partial charge in [-0.25, -0.2) is 4.98 Å². The molecule has 0 radical (unpaired) electrons. The second kappa shape index (κ2) is 8.74. The number of para-hydroxylation sites is 2. The second-order valence-corrected chi connectivity index (χ2v) is 7.79. The van der Waals surface area contributed by atoms with Gasteiger partial charge in [-0.3, -0.25) is 4.79 Å². The van der Waals surface area contributed by atoms with Crippen molar-refractivity contribution in [3.8, 4) is 0 Å². The van der Waals surface area contributed by atoms with E-state index in [1.807, 2.05) is 41.3 Å². The molecule has 156 valence electrons. The molecular formula is C26H25N3O2. The van der Waals surface area contributed by atoms with Crippen LogP contribution in [0.2, 0.25) is 0 Å². The lowest BCUT2D eigenvalue weighted by Gasteiger charge is -2.28. The number of hydrogen-bond acceptors (Lipinski definition) is 3. The summed E-state index contributed by atoms with van der Waals surface area (Å²) in [6.45, 7) is 2.75. The topological polar surface area (TPSA) is 47.4 Å². The Kier molecular flexibility index (Phi) is 5.50. The maximum absolute atomic E-state index is 13.2. The summed E-state index contributed by atoms with van der Waals surface area (Å²) in [7, 11) is 0. The third-order valence-electron chi connectivity index (χ3n) is 5.87. The number of carbonyl (C=O) groups is 1. The molecule has 5 nitrogen and oxygen atoms in total. The van der Waals surface area contributed by atoms with Crippen LogP contribution in [-0.2, 0) is 16.1 Å². The molecular weight excluding hydrogens is 386 g/mol. The number of carbonyl (C=O) groups excluding carboxylic acids is 1. The van der Waals surface area contributed by atoms with Crippen LogP contribution in [0.5, 0.6) is 0 Å². The molecule has 0 spiro atoms. The Hall–Kier alpha value is -3.44. The van der Waals surface area contributed by atoms with E-state index in [0.29, 0.717) is 26.3 Å². The van der Waals surface area contributed by atoms with E-state index >= 15 is 0 Å². The van der Waals surface area contributed by atoms with E-state index in [1.54, 1.807) is 0 Å². The van der Waals surface area contributed by atoms with Gasteiger partial charge in [0.15, 0.2) is 0 Å². The van der Waals surface area contributed by atoms with Gasteiger partial charge >= 0.3 is 0 Å². The average Bonchev–Trinajstić information content (AvgIpc) is 3.19. The largest absolute Gasteiger partial charge is 0.378 e. The van der Waals surface area contributed by atoms with Crippen molar-refractivity contribution in [3.63, 3.8) is 0 Å². The first-order chi connectivity index (χ1) is 15.3. The zero-order chi connectivity index (χ0) is 21.0. The third-order valence-corrected chi connectivity index (χ3v) is 5.87. The molecule has 4 aromatic rings. The number of benzene rings is 3. The number of hydrogen-bond donors (Lipinski definition) is 0. The fourth-order valence-electron chi connectivity index (χ4n) is 4.31. The number of imidazole rings is 1. The van der Waals surface area contributed by atoms with E-state index in [1.165, 1.54) is 0 Å². The van der Waals surface area contributed by atoms with E-state index < -0.39 is 0 Å². The number of nitrogens with zero attached hydrogens (tertiary/aromatic N) is 3. The monoisotopic (exact) mass is 411 g/mol. The first kappa shape index (κ1) is 19.5. The van der Waals surface area contributed by atoms with Crippen LogP contribution >= 0.6 is 0 Å². The number of ether oxygens (including phenoxy) is 1. The summed E-state index contributed by atoms with van der Waals surface area (Å²) in [5, 5.41) is 0. The van der Waals surface area contributed by atoms with Crippen LogP contribution in [0.1, 0.15) is 22.9 Å². The van der Waals surface area contributed by atoms with Crippen LogP contribution in [0.3, 0.4) is 0 Å². The minimum Gasteiger partial charge on any atom is -0.378 e. The van der Waals surface area contributed by atoms with Gasteiger partial charge in [-0.2, -0.15) is 0 Å². The van der Waals surface area contributed by atoms with E-state index in [4.69, 9.17) is 9.72 Å². The number of fused-ring (bicyclic) bond motifs is 1. The zero-order valence-electron chi connectivity index (χ0n) is 17.4. The van der Waals surface area contributed by atoms with E-state index in [0.717, 1.165) is 28.0 Å². The number of rotatable bonds is 5. The highest BCUT2D eigenvalue weighted by atomic mass is 16.5. The van der Waals surface area contributed by atoms with Crippen LogP contribution in [0, 0.1) is 0 Å². The standard InChI is InChI=1S/C26H25N3O2/c30-24(28-15-17-31-18-16-28)19-29-23-14-8-7-13-22(23)27-26(29)25(20-9-3-1-4-10-20)21-11-5-2-6-12-21/h1-14,25H,15-19H2. The van der Waals surface area contributed by atoms with Gasteiger partial charge in [0.05, 0.1) is 30.2 Å². The molecule has 1 aliphatic heterocycles. The SMILES string of the molecule is O=C(Cn1c(C(c2ccccc2)c2ccccc2)nc2ccccc21)N1CCOCC1. The predicted molar refractivity (Wildman–Crippen MR) is 121 cm³/mol. The maximum Gasteiger partial charge on any atom is 0.242 e. The van der Waals surface area contributed by atoms with Gasteiger partial charge in [0.2, 0.25) is 5.91 Å². The highest BCUT2D eigenvalue weighted by molar-refractivity contribution is 5.81. The van der Waals surface area contributed by atoms with Crippen molar-refractivity contribution in [1.29, 1.82) is 0 Å². The molecule has 0 bridgehead atoms. The van der Waals surface area contributed by atoms with Gasteiger partial charge in [0.25, 0.3) is 0 Å². The molecule has 0 atom stereocenters. The zero-order valence-corrected chi connectivity index (χ0v) is 17.4. The predicted octanol–water partition coefficient (Wildman–Crippen LogP) is 4.08. The van der Waals surface area contributed by atoms with Crippen molar-refractivity contribution in [2.75, 3.05) is 26.3 Å². The molecule has 1 aliphatic rings. The van der Waals surface area contributed by atoms with Crippen LogP contribution in [0.25, 0.3) is 11.0 Å². The normalized spacial score (nSPS) is 14.3. The third kappa shape index (κ3) is 3.97. The molecule has 5 rings (SSSR count). The van der Waals surface area contributed by atoms with Crippen LogP contribution in [-0.4, -0.2) is 46.7 Å². The molecule has 0 saturated carbocycles. The van der Waals surface area contributed by atoms with Gasteiger partial charge in [0.1, 0.15) is 12.4 Å². The molecule has 0 unspecified atom stereocenters. The fraction of sp³-hybridized carbons (Fsp3) is 0.231. The summed E-state index contributed by atoms with van der Waals surface area (Å²) in [5.41, 5.74) is 4.20. The quantitative estimate of drug-likeness (QED) is 0.497. The molecule has 5 heteroatoms. The minimum absolute atomic E-state index is 0.0627. The number of morpholine rings is 1. The number of amides is 1. The van der Waals surface area contributed by atoms with Crippen molar-refractivity contribution < 1.29 is 9.53 Å². The Morgan fingerprint density at radius 3 is 2.06 bits per heavy atom.